The van der Waals surface area contributed by atoms with Gasteiger partial charge in [0.1, 0.15) is 17.6 Å². The Morgan fingerprint density at radius 1 is 1.28 bits per heavy atom. The van der Waals surface area contributed by atoms with Crippen LogP contribution in [0.2, 0.25) is 0 Å². The second-order valence-electron chi connectivity index (χ2n) is 8.57. The van der Waals surface area contributed by atoms with Crippen molar-refractivity contribution in [3.63, 3.8) is 0 Å². The Labute approximate surface area is 208 Å². The Hall–Kier alpha value is -3.55. The summed E-state index contributed by atoms with van der Waals surface area (Å²) in [7, 11) is 0. The van der Waals surface area contributed by atoms with E-state index in [1.807, 2.05) is 0 Å². The molecule has 2 amide bonds. The van der Waals surface area contributed by atoms with Gasteiger partial charge in [0.25, 0.3) is 6.43 Å². The Morgan fingerprint density at radius 3 is 2.64 bits per heavy atom. The van der Waals surface area contributed by atoms with Crippen LogP contribution in [0.3, 0.4) is 0 Å². The van der Waals surface area contributed by atoms with E-state index in [-0.39, 0.29) is 47.1 Å². The number of alkyl halides is 2. The van der Waals surface area contributed by atoms with Crippen LogP contribution in [0, 0.1) is 15.9 Å². The first kappa shape index (κ1) is 25.5. The van der Waals surface area contributed by atoms with Crippen molar-refractivity contribution in [2.45, 2.75) is 32.4 Å². The van der Waals surface area contributed by atoms with Crippen LogP contribution in [0.25, 0.3) is 0 Å². The van der Waals surface area contributed by atoms with E-state index in [9.17, 15) is 28.5 Å². The number of carbonyl (C=O) groups is 2. The van der Waals surface area contributed by atoms with Gasteiger partial charge in [-0.25, -0.2) is 18.0 Å². The maximum Gasteiger partial charge on any atom is 0.414 e. The molecule has 0 bridgehead atoms. The van der Waals surface area contributed by atoms with Gasteiger partial charge in [0.15, 0.2) is 0 Å². The molecule has 10 nitrogen and oxygen atoms in total. The number of halogens is 3. The van der Waals surface area contributed by atoms with E-state index in [2.05, 4.69) is 5.32 Å². The van der Waals surface area contributed by atoms with Gasteiger partial charge in [0.05, 0.1) is 34.3 Å². The van der Waals surface area contributed by atoms with Crippen molar-refractivity contribution in [3.8, 4) is 0 Å². The minimum atomic E-state index is -2.81. The van der Waals surface area contributed by atoms with Crippen molar-refractivity contribution in [3.05, 3.63) is 45.1 Å². The van der Waals surface area contributed by atoms with E-state index >= 15 is 4.39 Å². The lowest BCUT2D eigenvalue weighted by molar-refractivity contribution is -0.379. The number of nitrogens with one attached hydrogen (secondary N) is 1. The van der Waals surface area contributed by atoms with Crippen molar-refractivity contribution in [2.24, 2.45) is 0 Å². The molecule has 0 saturated carbocycles. The first-order chi connectivity index (χ1) is 17.0. The van der Waals surface area contributed by atoms with Crippen molar-refractivity contribution >= 4 is 45.4 Å². The van der Waals surface area contributed by atoms with Gasteiger partial charge in [0.2, 0.25) is 5.91 Å². The molecular weight excluding hydrogens is 503 g/mol. The van der Waals surface area contributed by atoms with Gasteiger partial charge in [0, 0.05) is 32.6 Å². The summed E-state index contributed by atoms with van der Waals surface area (Å²) in [5, 5.41) is 13.7. The minimum Gasteiger partial charge on any atom is -0.442 e. The summed E-state index contributed by atoms with van der Waals surface area (Å²) in [4.78, 5) is 38.4. The highest BCUT2D eigenvalue weighted by molar-refractivity contribution is 7.16. The second kappa shape index (κ2) is 10.2. The minimum absolute atomic E-state index is 0.143. The van der Waals surface area contributed by atoms with E-state index in [1.54, 1.807) is 28.9 Å². The van der Waals surface area contributed by atoms with Gasteiger partial charge in [-0.2, -0.15) is 0 Å². The molecule has 14 heteroatoms. The standard InChI is InChI=1S/C22H24F3N5O5S/c1-12-10-27(5-6-28(12)18-8-19(20(24)25)36-21(18)30(33)34)17-4-3-14(7-16(17)23)29-11-15(35-22(29)32)9-26-13(2)31/h3-4,7-8,12,15,20H,5-6,9-11H2,1-2H3,(H,26,31)/t12?,15-/m0/s1. The maximum absolute atomic E-state index is 15.1. The summed E-state index contributed by atoms with van der Waals surface area (Å²) in [5.74, 6) is -0.815. The fraction of sp³-hybridized carbons (Fsp3) is 0.455. The molecule has 0 spiro atoms. The highest BCUT2D eigenvalue weighted by Gasteiger charge is 2.35. The summed E-state index contributed by atoms with van der Waals surface area (Å²) in [5.41, 5.74) is 0.747. The molecule has 2 fully saturated rings. The predicted molar refractivity (Wildman–Crippen MR) is 128 cm³/mol. The molecule has 2 aromatic rings. The molecule has 36 heavy (non-hydrogen) atoms. The molecule has 2 aliphatic heterocycles. The Kier molecular flexibility index (Phi) is 7.24. The van der Waals surface area contributed by atoms with Crippen LogP contribution in [0.5, 0.6) is 0 Å². The van der Waals surface area contributed by atoms with Crippen LogP contribution in [-0.2, 0) is 9.53 Å². The Bertz CT molecular complexity index is 1180. The van der Waals surface area contributed by atoms with E-state index in [1.165, 1.54) is 17.9 Å². The van der Waals surface area contributed by atoms with Crippen LogP contribution >= 0.6 is 11.3 Å². The first-order valence-corrected chi connectivity index (χ1v) is 12.0. The summed E-state index contributed by atoms with van der Waals surface area (Å²) < 4.78 is 46.6. The van der Waals surface area contributed by atoms with Crippen molar-refractivity contribution in [2.75, 3.05) is 47.4 Å². The number of hydrogen-bond donors (Lipinski definition) is 1. The van der Waals surface area contributed by atoms with E-state index in [0.717, 1.165) is 6.07 Å². The highest BCUT2D eigenvalue weighted by Crippen LogP contribution is 2.42. The number of rotatable bonds is 7. The number of carbonyl (C=O) groups excluding carboxylic acids is 2. The highest BCUT2D eigenvalue weighted by atomic mass is 32.1. The van der Waals surface area contributed by atoms with Crippen LogP contribution in [-0.4, -0.2) is 61.8 Å². The van der Waals surface area contributed by atoms with Crippen molar-refractivity contribution in [1.29, 1.82) is 0 Å². The van der Waals surface area contributed by atoms with E-state index in [0.29, 0.717) is 35.8 Å². The Morgan fingerprint density at radius 2 is 2.03 bits per heavy atom. The number of benzene rings is 1. The van der Waals surface area contributed by atoms with Crippen LogP contribution in [0.1, 0.15) is 25.2 Å². The van der Waals surface area contributed by atoms with Gasteiger partial charge in [-0.15, -0.1) is 0 Å². The average Bonchev–Trinajstić information content (AvgIpc) is 3.42. The number of piperazine rings is 1. The summed E-state index contributed by atoms with van der Waals surface area (Å²) in [6, 6.07) is 5.20. The normalized spacial score (nSPS) is 20.2. The van der Waals surface area contributed by atoms with E-state index < -0.39 is 29.4 Å². The number of cyclic esters (lactones) is 1. The molecule has 1 N–H and O–H groups in total. The van der Waals surface area contributed by atoms with Gasteiger partial charge in [-0.1, -0.05) is 11.3 Å². The SMILES string of the molecule is CC(=O)NC[C@H]1CN(c2ccc(N3CCN(c4cc(C(F)F)sc4[N+](=O)[O-])C(C)C3)c(F)c2)C(=O)O1. The molecule has 194 valence electrons. The fourth-order valence-corrected chi connectivity index (χ4v) is 5.22. The van der Waals surface area contributed by atoms with Crippen molar-refractivity contribution in [1.82, 2.24) is 5.32 Å². The van der Waals surface area contributed by atoms with E-state index in [4.69, 9.17) is 4.74 Å². The van der Waals surface area contributed by atoms with Crippen LogP contribution in [0.15, 0.2) is 24.3 Å². The molecular formula is C22H24F3N5O5S. The third-order valence-corrected chi connectivity index (χ3v) is 7.15. The average molecular weight is 528 g/mol. The van der Waals surface area contributed by atoms with Crippen LogP contribution < -0.4 is 20.0 Å². The van der Waals surface area contributed by atoms with Gasteiger partial charge in [-0.05, 0) is 31.2 Å². The first-order valence-electron chi connectivity index (χ1n) is 11.1. The summed E-state index contributed by atoms with van der Waals surface area (Å²) in [6.07, 6.45) is -4.00. The number of thiophene rings is 1. The topological polar surface area (TPSA) is 108 Å². The van der Waals surface area contributed by atoms with Gasteiger partial charge >= 0.3 is 11.1 Å². The van der Waals surface area contributed by atoms with Crippen LogP contribution in [0.4, 0.5) is 40.0 Å². The predicted octanol–water partition coefficient (Wildman–Crippen LogP) is 3.91. The third-order valence-electron chi connectivity index (χ3n) is 6.07. The van der Waals surface area contributed by atoms with Gasteiger partial charge < -0.3 is 19.9 Å². The quantitative estimate of drug-likeness (QED) is 0.430. The second-order valence-corrected chi connectivity index (χ2v) is 9.64. The lowest BCUT2D eigenvalue weighted by atomic mass is 10.1. The molecule has 1 aromatic heterocycles. The smallest absolute Gasteiger partial charge is 0.414 e. The number of nitrogens with zero attached hydrogens (tertiary/aromatic N) is 4. The molecule has 2 saturated heterocycles. The molecule has 1 aromatic carbocycles. The molecule has 4 rings (SSSR count). The lowest BCUT2D eigenvalue weighted by Gasteiger charge is -2.41. The number of amides is 2. The molecule has 2 aliphatic rings. The number of nitro groups is 1. The molecule has 1 unspecified atom stereocenters. The Balaban J connectivity index is 1.46. The van der Waals surface area contributed by atoms with Crippen molar-refractivity contribution < 1.29 is 32.4 Å². The monoisotopic (exact) mass is 527 g/mol. The molecule has 2 atom stereocenters. The summed E-state index contributed by atoms with van der Waals surface area (Å²) >= 11 is 0.462. The lowest BCUT2D eigenvalue weighted by Crippen LogP contribution is -2.52. The maximum atomic E-state index is 15.1. The summed E-state index contributed by atoms with van der Waals surface area (Å²) in [6.45, 7) is 4.34. The number of ether oxygens (including phenoxy) is 1. The zero-order valence-corrected chi connectivity index (χ0v) is 20.3. The number of hydrogen-bond acceptors (Lipinski definition) is 8. The van der Waals surface area contributed by atoms with Gasteiger partial charge in [-0.3, -0.25) is 19.8 Å². The third kappa shape index (κ3) is 5.17. The number of anilines is 3. The molecule has 0 aliphatic carbocycles. The molecule has 0 radical (unpaired) electrons. The molecule has 3 heterocycles. The zero-order chi connectivity index (χ0) is 26.1. The zero-order valence-electron chi connectivity index (χ0n) is 19.4. The fourth-order valence-electron chi connectivity index (χ4n) is 4.38. The largest absolute Gasteiger partial charge is 0.442 e.